The zero-order chi connectivity index (χ0) is 22.4. The Morgan fingerprint density at radius 1 is 0.903 bits per heavy atom. The molecule has 0 saturated heterocycles. The van der Waals surface area contributed by atoms with E-state index in [2.05, 4.69) is 22.4 Å². The van der Waals surface area contributed by atoms with Gasteiger partial charge in [0.2, 0.25) is 0 Å². The number of carbonyl (C=O) groups is 1. The third kappa shape index (κ3) is 4.58. The van der Waals surface area contributed by atoms with Crippen LogP contribution in [0, 0.1) is 0 Å². The molecule has 1 amide bonds. The predicted molar refractivity (Wildman–Crippen MR) is 119 cm³/mol. The molecule has 8 nitrogen and oxygen atoms in total. The summed E-state index contributed by atoms with van der Waals surface area (Å²) >= 11 is 0. The first-order valence-corrected chi connectivity index (χ1v) is 9.89. The van der Waals surface area contributed by atoms with Crippen LogP contribution in [0.1, 0.15) is 29.4 Å². The van der Waals surface area contributed by atoms with Crippen molar-refractivity contribution in [3.63, 3.8) is 0 Å². The number of benzene rings is 2. The first kappa shape index (κ1) is 22.0. The van der Waals surface area contributed by atoms with Gasteiger partial charge in [-0.05, 0) is 42.8 Å². The van der Waals surface area contributed by atoms with Crippen LogP contribution < -0.4 is 24.3 Å². The molecule has 0 aliphatic rings. The van der Waals surface area contributed by atoms with E-state index in [-0.39, 0.29) is 5.91 Å². The Balaban J connectivity index is 1.99. The monoisotopic (exact) mass is 425 g/mol. The third-order valence-corrected chi connectivity index (χ3v) is 4.88. The molecule has 0 spiro atoms. The van der Waals surface area contributed by atoms with Gasteiger partial charge in [0.25, 0.3) is 5.91 Å². The number of aromatic nitrogens is 2. The molecule has 2 N–H and O–H groups in total. The Hall–Kier alpha value is -3.68. The molecule has 8 heteroatoms. The minimum absolute atomic E-state index is 0.276. The Morgan fingerprint density at radius 3 is 2.13 bits per heavy atom. The molecule has 0 atom stereocenters. The summed E-state index contributed by atoms with van der Waals surface area (Å²) in [4.78, 5) is 13.0. The Kier molecular flexibility index (Phi) is 7.02. The first-order chi connectivity index (χ1) is 15.1. The number of ether oxygens (including phenoxy) is 4. The molecule has 0 aliphatic carbocycles. The number of rotatable bonds is 9. The number of hydrogen-bond donors (Lipinski definition) is 2. The quantitative estimate of drug-likeness (QED) is 0.530. The number of H-pyrrole nitrogens is 1. The fraction of sp³-hybridized carbons (Fsp3) is 0.304. The minimum atomic E-state index is -0.276. The number of methoxy groups -OCH3 is 4. The van der Waals surface area contributed by atoms with Crippen molar-refractivity contribution in [3.8, 4) is 34.3 Å². The van der Waals surface area contributed by atoms with Crippen LogP contribution >= 0.6 is 0 Å². The second-order valence-corrected chi connectivity index (χ2v) is 6.77. The van der Waals surface area contributed by atoms with Crippen LogP contribution in [-0.2, 0) is 6.42 Å². The van der Waals surface area contributed by atoms with Gasteiger partial charge in [-0.15, -0.1) is 0 Å². The van der Waals surface area contributed by atoms with Crippen LogP contribution in [0.5, 0.6) is 23.0 Å². The summed E-state index contributed by atoms with van der Waals surface area (Å²) in [6.45, 7) is 2.07. The predicted octanol–water partition coefficient (Wildman–Crippen LogP) is 4.32. The molecule has 31 heavy (non-hydrogen) atoms. The van der Waals surface area contributed by atoms with E-state index in [1.165, 1.54) is 7.11 Å². The van der Waals surface area contributed by atoms with E-state index in [0.29, 0.717) is 39.9 Å². The Bertz CT molecular complexity index is 1060. The van der Waals surface area contributed by atoms with E-state index in [1.807, 2.05) is 18.2 Å². The maximum Gasteiger partial charge on any atom is 0.255 e. The summed E-state index contributed by atoms with van der Waals surface area (Å²) in [5, 5.41) is 10.5. The van der Waals surface area contributed by atoms with Crippen LogP contribution in [0.2, 0.25) is 0 Å². The smallest absolute Gasteiger partial charge is 0.255 e. The summed E-state index contributed by atoms with van der Waals surface area (Å²) < 4.78 is 21.3. The highest BCUT2D eigenvalue weighted by Crippen LogP contribution is 2.36. The summed E-state index contributed by atoms with van der Waals surface area (Å²) in [5.74, 6) is 1.96. The molecule has 3 rings (SSSR count). The molecular weight excluding hydrogens is 398 g/mol. The molecule has 164 valence electrons. The van der Waals surface area contributed by atoms with Gasteiger partial charge < -0.3 is 24.3 Å². The van der Waals surface area contributed by atoms with E-state index < -0.39 is 0 Å². The number of aromatic amines is 1. The molecule has 0 radical (unpaired) electrons. The van der Waals surface area contributed by atoms with Crippen molar-refractivity contribution in [1.82, 2.24) is 10.2 Å². The number of carbonyl (C=O) groups excluding carboxylic acids is 1. The summed E-state index contributed by atoms with van der Waals surface area (Å²) in [5.41, 5.74) is 3.34. The highest BCUT2D eigenvalue weighted by molar-refractivity contribution is 6.06. The lowest BCUT2D eigenvalue weighted by molar-refractivity contribution is 0.102. The highest BCUT2D eigenvalue weighted by atomic mass is 16.5. The van der Waals surface area contributed by atoms with Crippen molar-refractivity contribution in [1.29, 1.82) is 0 Å². The molecule has 3 aromatic rings. The lowest BCUT2D eigenvalue weighted by Crippen LogP contribution is -2.13. The fourth-order valence-electron chi connectivity index (χ4n) is 3.30. The maximum atomic E-state index is 13.0. The van der Waals surface area contributed by atoms with Gasteiger partial charge in [-0.1, -0.05) is 13.3 Å². The normalized spacial score (nSPS) is 10.5. The molecule has 0 unspecified atom stereocenters. The second kappa shape index (κ2) is 9.88. The number of hydrogen-bond acceptors (Lipinski definition) is 6. The van der Waals surface area contributed by atoms with Gasteiger partial charge in [-0.25, -0.2) is 0 Å². The van der Waals surface area contributed by atoms with Crippen molar-refractivity contribution < 1.29 is 23.7 Å². The number of anilines is 1. The lowest BCUT2D eigenvalue weighted by atomic mass is 10.1. The topological polar surface area (TPSA) is 94.7 Å². The van der Waals surface area contributed by atoms with E-state index in [9.17, 15) is 4.79 Å². The second-order valence-electron chi connectivity index (χ2n) is 6.77. The minimum Gasteiger partial charge on any atom is -0.493 e. The number of amides is 1. The summed E-state index contributed by atoms with van der Waals surface area (Å²) in [6.07, 6.45) is 1.63. The number of nitrogens with one attached hydrogen (secondary N) is 2. The van der Waals surface area contributed by atoms with Crippen molar-refractivity contribution in [2.24, 2.45) is 0 Å². The Labute approximate surface area is 181 Å². The van der Waals surface area contributed by atoms with Gasteiger partial charge in [0.15, 0.2) is 23.0 Å². The molecule has 2 aromatic carbocycles. The van der Waals surface area contributed by atoms with Gasteiger partial charge >= 0.3 is 0 Å². The number of nitrogens with zero attached hydrogens (tertiary/aromatic N) is 1. The van der Waals surface area contributed by atoms with Crippen molar-refractivity contribution in [3.05, 3.63) is 47.7 Å². The first-order valence-electron chi connectivity index (χ1n) is 9.89. The van der Waals surface area contributed by atoms with E-state index in [0.717, 1.165) is 24.1 Å². The average Bonchev–Trinajstić information content (AvgIpc) is 3.20. The maximum absolute atomic E-state index is 13.0. The van der Waals surface area contributed by atoms with Gasteiger partial charge in [0.05, 0.1) is 39.8 Å². The van der Waals surface area contributed by atoms with Gasteiger partial charge in [-0.3, -0.25) is 9.89 Å². The third-order valence-electron chi connectivity index (χ3n) is 4.88. The molecule has 0 bridgehead atoms. The van der Waals surface area contributed by atoms with Crippen LogP contribution in [0.25, 0.3) is 11.3 Å². The lowest BCUT2D eigenvalue weighted by Gasteiger charge is -2.12. The highest BCUT2D eigenvalue weighted by Gasteiger charge is 2.20. The van der Waals surface area contributed by atoms with Gasteiger partial charge in [0.1, 0.15) is 5.69 Å². The van der Waals surface area contributed by atoms with E-state index >= 15 is 0 Å². The van der Waals surface area contributed by atoms with Crippen LogP contribution in [0.4, 0.5) is 5.69 Å². The van der Waals surface area contributed by atoms with Crippen LogP contribution in [0.15, 0.2) is 36.4 Å². The largest absolute Gasteiger partial charge is 0.493 e. The zero-order valence-corrected chi connectivity index (χ0v) is 18.4. The molecular formula is C23H27N3O5. The molecule has 1 heterocycles. The average molecular weight is 425 g/mol. The Morgan fingerprint density at radius 2 is 1.52 bits per heavy atom. The SMILES string of the molecule is CCCc1[nH]nc(-c2ccc(OC)c(OC)c2)c1NC(=O)c1ccc(OC)c(OC)c1. The van der Waals surface area contributed by atoms with E-state index in [1.54, 1.807) is 39.5 Å². The summed E-state index contributed by atoms with van der Waals surface area (Å²) in [6, 6.07) is 10.5. The van der Waals surface area contributed by atoms with Gasteiger partial charge in [-0.2, -0.15) is 5.10 Å². The number of aryl methyl sites for hydroxylation is 1. The fourth-order valence-corrected chi connectivity index (χ4v) is 3.30. The van der Waals surface area contributed by atoms with Crippen molar-refractivity contribution in [2.75, 3.05) is 33.8 Å². The molecule has 0 saturated carbocycles. The standard InChI is InChI=1S/C23H27N3O5/c1-6-7-16-22(24-23(27)15-9-11-18(29-3)20(13-15)31-5)21(26-25-16)14-8-10-17(28-2)19(12-14)30-4/h8-13H,6-7H2,1-5H3,(H,24,27)(H,25,26). The molecule has 1 aromatic heterocycles. The van der Waals surface area contributed by atoms with Crippen LogP contribution in [-0.4, -0.2) is 44.5 Å². The zero-order valence-electron chi connectivity index (χ0n) is 18.4. The van der Waals surface area contributed by atoms with Gasteiger partial charge in [0, 0.05) is 11.1 Å². The van der Waals surface area contributed by atoms with Crippen molar-refractivity contribution in [2.45, 2.75) is 19.8 Å². The van der Waals surface area contributed by atoms with Crippen LogP contribution in [0.3, 0.4) is 0 Å². The molecule has 0 aliphatic heterocycles. The molecule has 0 fully saturated rings. The van der Waals surface area contributed by atoms with E-state index in [4.69, 9.17) is 18.9 Å². The summed E-state index contributed by atoms with van der Waals surface area (Å²) in [7, 11) is 6.24. The van der Waals surface area contributed by atoms with Crippen molar-refractivity contribution >= 4 is 11.6 Å².